The zero-order chi connectivity index (χ0) is 15.4. The second kappa shape index (κ2) is 5.91. The number of carbonyl (C=O) groups is 1. The molecule has 0 radical (unpaired) electrons. The number of nitrogens with zero attached hydrogens (tertiary/aromatic N) is 1. The number of carbonyl (C=O) groups excluding carboxylic acids is 1. The van der Waals surface area contributed by atoms with Crippen LogP contribution in [0.5, 0.6) is 5.75 Å². The van der Waals surface area contributed by atoms with Gasteiger partial charge in [-0.05, 0) is 24.3 Å². The molecule has 1 amide bonds. The van der Waals surface area contributed by atoms with Crippen molar-refractivity contribution in [2.45, 2.75) is 0 Å². The predicted molar refractivity (Wildman–Crippen MR) is 75.0 cm³/mol. The van der Waals surface area contributed by atoms with Gasteiger partial charge in [-0.1, -0.05) is 17.3 Å². The SMILES string of the molecule is N/C(=N/O)c1ccccc1NC(=O)c1ccc(F)cc1O. The van der Waals surface area contributed by atoms with Crippen LogP contribution in [0.3, 0.4) is 0 Å². The topological polar surface area (TPSA) is 108 Å². The Bertz CT molecular complexity index is 716. The maximum Gasteiger partial charge on any atom is 0.259 e. The highest BCUT2D eigenvalue weighted by atomic mass is 19.1. The lowest BCUT2D eigenvalue weighted by atomic mass is 10.1. The van der Waals surface area contributed by atoms with Crippen molar-refractivity contribution in [3.8, 4) is 5.75 Å². The minimum absolute atomic E-state index is 0.0919. The van der Waals surface area contributed by atoms with Crippen LogP contribution in [0.1, 0.15) is 15.9 Å². The molecule has 0 saturated heterocycles. The molecular formula is C14H12FN3O3. The van der Waals surface area contributed by atoms with E-state index in [2.05, 4.69) is 10.5 Å². The Morgan fingerprint density at radius 1 is 1.19 bits per heavy atom. The Labute approximate surface area is 119 Å². The summed E-state index contributed by atoms with van der Waals surface area (Å²) < 4.78 is 12.9. The highest BCUT2D eigenvalue weighted by molar-refractivity contribution is 6.10. The molecule has 0 aliphatic carbocycles. The number of hydrogen-bond donors (Lipinski definition) is 4. The first-order valence-electron chi connectivity index (χ1n) is 5.89. The van der Waals surface area contributed by atoms with E-state index in [1.807, 2.05) is 0 Å². The summed E-state index contributed by atoms with van der Waals surface area (Å²) in [6, 6.07) is 9.45. The number of halogens is 1. The lowest BCUT2D eigenvalue weighted by Gasteiger charge is -2.10. The number of hydrogen-bond acceptors (Lipinski definition) is 4. The zero-order valence-corrected chi connectivity index (χ0v) is 10.7. The summed E-state index contributed by atoms with van der Waals surface area (Å²) in [4.78, 5) is 12.1. The van der Waals surface area contributed by atoms with Crippen molar-refractivity contribution in [1.82, 2.24) is 0 Å². The number of nitrogens with two attached hydrogens (primary N) is 1. The molecule has 2 aromatic carbocycles. The molecule has 108 valence electrons. The van der Waals surface area contributed by atoms with Crippen LogP contribution in [0, 0.1) is 5.82 Å². The maximum atomic E-state index is 12.9. The number of benzene rings is 2. The molecule has 0 spiro atoms. The molecule has 0 atom stereocenters. The standard InChI is InChI=1S/C14H12FN3O3/c15-8-5-6-10(12(19)7-8)14(20)17-11-4-2-1-3-9(11)13(16)18-21/h1-7,19,21H,(H2,16,18)(H,17,20). The van der Waals surface area contributed by atoms with Crippen LogP contribution in [-0.2, 0) is 0 Å². The second-order valence-electron chi connectivity index (χ2n) is 4.15. The van der Waals surface area contributed by atoms with Crippen LogP contribution < -0.4 is 11.1 Å². The fourth-order valence-corrected chi connectivity index (χ4v) is 1.76. The Hall–Kier alpha value is -3.09. The fourth-order valence-electron chi connectivity index (χ4n) is 1.76. The molecule has 7 heteroatoms. The third kappa shape index (κ3) is 3.08. The monoisotopic (exact) mass is 289 g/mol. The van der Waals surface area contributed by atoms with E-state index in [0.717, 1.165) is 18.2 Å². The largest absolute Gasteiger partial charge is 0.507 e. The number of phenolic OH excluding ortho intramolecular Hbond substituents is 1. The number of amides is 1. The number of oxime groups is 1. The zero-order valence-electron chi connectivity index (χ0n) is 10.7. The lowest BCUT2D eigenvalue weighted by molar-refractivity contribution is 0.102. The molecule has 0 saturated carbocycles. The van der Waals surface area contributed by atoms with Gasteiger partial charge in [0.2, 0.25) is 0 Å². The van der Waals surface area contributed by atoms with Crippen LogP contribution in [0.15, 0.2) is 47.6 Å². The molecule has 5 N–H and O–H groups in total. The molecule has 0 aromatic heterocycles. The van der Waals surface area contributed by atoms with Gasteiger partial charge in [-0.3, -0.25) is 4.79 Å². The minimum Gasteiger partial charge on any atom is -0.507 e. The number of amidine groups is 1. The lowest BCUT2D eigenvalue weighted by Crippen LogP contribution is -2.19. The molecule has 2 rings (SSSR count). The van der Waals surface area contributed by atoms with Gasteiger partial charge in [-0.25, -0.2) is 4.39 Å². The molecule has 0 bridgehead atoms. The van der Waals surface area contributed by atoms with E-state index in [1.54, 1.807) is 24.3 Å². The Kier molecular flexibility index (Phi) is 4.03. The van der Waals surface area contributed by atoms with E-state index in [9.17, 15) is 14.3 Å². The van der Waals surface area contributed by atoms with Gasteiger partial charge in [0.1, 0.15) is 11.6 Å². The van der Waals surface area contributed by atoms with Gasteiger partial charge < -0.3 is 21.4 Å². The third-order valence-corrected chi connectivity index (χ3v) is 2.76. The summed E-state index contributed by atoms with van der Waals surface area (Å²) in [7, 11) is 0. The summed E-state index contributed by atoms with van der Waals surface area (Å²) >= 11 is 0. The van der Waals surface area contributed by atoms with Gasteiger partial charge in [0.05, 0.1) is 11.3 Å². The quantitative estimate of drug-likeness (QED) is 0.299. The summed E-state index contributed by atoms with van der Waals surface area (Å²) in [5.74, 6) is -1.95. The molecule has 0 aliphatic rings. The fraction of sp³-hybridized carbons (Fsp3) is 0. The van der Waals surface area contributed by atoms with Gasteiger partial charge in [0.25, 0.3) is 5.91 Å². The van der Waals surface area contributed by atoms with Gasteiger partial charge in [-0.2, -0.15) is 0 Å². The third-order valence-electron chi connectivity index (χ3n) is 2.76. The number of aromatic hydroxyl groups is 1. The smallest absolute Gasteiger partial charge is 0.259 e. The van der Waals surface area contributed by atoms with Gasteiger partial charge in [0, 0.05) is 11.6 Å². The Morgan fingerprint density at radius 3 is 2.57 bits per heavy atom. The van der Waals surface area contributed by atoms with Crippen molar-refractivity contribution in [3.05, 3.63) is 59.4 Å². The molecule has 0 aliphatic heterocycles. The molecule has 0 heterocycles. The van der Waals surface area contributed by atoms with Crippen LogP contribution >= 0.6 is 0 Å². The van der Waals surface area contributed by atoms with E-state index in [4.69, 9.17) is 10.9 Å². The summed E-state index contributed by atoms with van der Waals surface area (Å²) in [6.45, 7) is 0. The van der Waals surface area contributed by atoms with Gasteiger partial charge in [0.15, 0.2) is 5.84 Å². The second-order valence-corrected chi connectivity index (χ2v) is 4.15. The van der Waals surface area contributed by atoms with Crippen molar-refractivity contribution >= 4 is 17.4 Å². The average Bonchev–Trinajstić information content (AvgIpc) is 2.46. The van der Waals surface area contributed by atoms with Crippen LogP contribution in [-0.4, -0.2) is 22.1 Å². The Balaban J connectivity index is 2.32. The van der Waals surface area contributed by atoms with Crippen molar-refractivity contribution < 1.29 is 19.5 Å². The molecule has 6 nitrogen and oxygen atoms in total. The molecule has 0 fully saturated rings. The van der Waals surface area contributed by atoms with Crippen LogP contribution in [0.25, 0.3) is 0 Å². The van der Waals surface area contributed by atoms with E-state index in [1.165, 1.54) is 0 Å². The van der Waals surface area contributed by atoms with Crippen molar-refractivity contribution in [2.75, 3.05) is 5.32 Å². The number of rotatable bonds is 3. The highest BCUT2D eigenvalue weighted by Crippen LogP contribution is 2.21. The summed E-state index contributed by atoms with van der Waals surface area (Å²) in [6.07, 6.45) is 0. The van der Waals surface area contributed by atoms with E-state index >= 15 is 0 Å². The molecule has 21 heavy (non-hydrogen) atoms. The van der Waals surface area contributed by atoms with E-state index in [0.29, 0.717) is 11.3 Å². The van der Waals surface area contributed by atoms with E-state index < -0.39 is 17.5 Å². The van der Waals surface area contributed by atoms with Crippen molar-refractivity contribution in [1.29, 1.82) is 0 Å². The predicted octanol–water partition coefficient (Wildman–Crippen LogP) is 1.88. The summed E-state index contributed by atoms with van der Waals surface area (Å²) in [5.41, 5.74) is 6.02. The van der Waals surface area contributed by atoms with E-state index in [-0.39, 0.29) is 11.4 Å². The van der Waals surface area contributed by atoms with Crippen molar-refractivity contribution in [3.63, 3.8) is 0 Å². The van der Waals surface area contributed by atoms with Crippen LogP contribution in [0.4, 0.5) is 10.1 Å². The van der Waals surface area contributed by atoms with Crippen LogP contribution in [0.2, 0.25) is 0 Å². The number of phenols is 1. The highest BCUT2D eigenvalue weighted by Gasteiger charge is 2.14. The molecule has 0 unspecified atom stereocenters. The Morgan fingerprint density at radius 2 is 1.90 bits per heavy atom. The number of para-hydroxylation sites is 1. The number of nitrogens with one attached hydrogen (secondary N) is 1. The first-order chi connectivity index (χ1) is 10.0. The first kappa shape index (κ1) is 14.3. The molecule has 2 aromatic rings. The minimum atomic E-state index is -0.652. The normalized spacial score (nSPS) is 11.2. The van der Waals surface area contributed by atoms with Gasteiger partial charge >= 0.3 is 0 Å². The van der Waals surface area contributed by atoms with Gasteiger partial charge in [-0.15, -0.1) is 0 Å². The number of anilines is 1. The maximum absolute atomic E-state index is 12.9. The molecular weight excluding hydrogens is 277 g/mol. The average molecular weight is 289 g/mol. The first-order valence-corrected chi connectivity index (χ1v) is 5.89. The summed E-state index contributed by atoms with van der Waals surface area (Å²) in [5, 5.41) is 23.7. The van der Waals surface area contributed by atoms with Crippen molar-refractivity contribution in [2.24, 2.45) is 10.9 Å².